The zero-order valence-corrected chi connectivity index (χ0v) is 8.93. The Balaban J connectivity index is 3.09. The van der Waals surface area contributed by atoms with Gasteiger partial charge in [-0.1, -0.05) is 5.92 Å². The lowest BCUT2D eigenvalue weighted by Crippen LogP contribution is -2.08. The van der Waals surface area contributed by atoms with Crippen molar-refractivity contribution >= 4 is 17.5 Å². The van der Waals surface area contributed by atoms with E-state index in [2.05, 4.69) is 22.1 Å². The summed E-state index contributed by atoms with van der Waals surface area (Å²) in [4.78, 5) is 24.4. The van der Waals surface area contributed by atoms with Crippen LogP contribution in [0.25, 0.3) is 0 Å². The molecule has 7 heteroatoms. The van der Waals surface area contributed by atoms with Crippen LogP contribution in [0.15, 0.2) is 12.1 Å². The van der Waals surface area contributed by atoms with Crippen molar-refractivity contribution in [2.45, 2.75) is 6.92 Å². The Labute approximate surface area is 96.6 Å². The van der Waals surface area contributed by atoms with E-state index >= 15 is 0 Å². The van der Waals surface area contributed by atoms with Crippen molar-refractivity contribution in [2.24, 2.45) is 0 Å². The molecule has 0 spiro atoms. The van der Waals surface area contributed by atoms with Gasteiger partial charge in [0.25, 0.3) is 0 Å². The molecular weight excluding hydrogens is 226 g/mol. The molecule has 0 saturated heterocycles. The molecule has 17 heavy (non-hydrogen) atoms. The molecule has 0 unspecified atom stereocenters. The lowest BCUT2D eigenvalue weighted by Gasteiger charge is -2.03. The van der Waals surface area contributed by atoms with Gasteiger partial charge < -0.3 is 10.4 Å². The molecule has 1 aromatic rings. The number of rotatable bonds is 4. The van der Waals surface area contributed by atoms with Crippen LogP contribution >= 0.6 is 0 Å². The zero-order valence-electron chi connectivity index (χ0n) is 8.93. The Kier molecular flexibility index (Phi) is 4.00. The second kappa shape index (κ2) is 5.46. The molecule has 0 saturated carbocycles. The van der Waals surface area contributed by atoms with E-state index in [0.29, 0.717) is 0 Å². The molecule has 0 bridgehead atoms. The summed E-state index contributed by atoms with van der Waals surface area (Å²) in [7, 11) is 0. The molecule has 0 radical (unpaired) electrons. The highest BCUT2D eigenvalue weighted by molar-refractivity contribution is 5.86. The molecule has 7 nitrogen and oxygen atoms in total. The summed E-state index contributed by atoms with van der Waals surface area (Å²) >= 11 is 0. The molecule has 1 aromatic heterocycles. The minimum Gasteiger partial charge on any atom is -0.477 e. The van der Waals surface area contributed by atoms with Gasteiger partial charge in [0.15, 0.2) is 5.69 Å². The zero-order chi connectivity index (χ0) is 12.8. The standard InChI is InChI=1S/C10H9N3O4/c1-2-3-6-11-9-8(13(16)17)5-4-7(12-9)10(14)15/h4-5H,6H2,1H3,(H,11,12)(H,14,15). The van der Waals surface area contributed by atoms with E-state index in [4.69, 9.17) is 5.11 Å². The fourth-order valence-corrected chi connectivity index (χ4v) is 1.06. The Bertz CT molecular complexity index is 516. The first-order valence-electron chi connectivity index (χ1n) is 4.58. The number of nitrogens with zero attached hydrogens (tertiary/aromatic N) is 2. The molecule has 0 aliphatic carbocycles. The van der Waals surface area contributed by atoms with E-state index < -0.39 is 10.9 Å². The predicted molar refractivity (Wildman–Crippen MR) is 59.8 cm³/mol. The van der Waals surface area contributed by atoms with Crippen molar-refractivity contribution in [3.05, 3.63) is 27.9 Å². The maximum absolute atomic E-state index is 10.7. The van der Waals surface area contributed by atoms with E-state index in [1.165, 1.54) is 0 Å². The van der Waals surface area contributed by atoms with Crippen LogP contribution in [0.3, 0.4) is 0 Å². The molecule has 0 aliphatic heterocycles. The van der Waals surface area contributed by atoms with Gasteiger partial charge in [0.05, 0.1) is 11.5 Å². The first kappa shape index (κ1) is 12.4. The fraction of sp³-hybridized carbons (Fsp3) is 0.200. The Morgan fingerprint density at radius 3 is 2.88 bits per heavy atom. The summed E-state index contributed by atoms with van der Waals surface area (Å²) in [6, 6.07) is 2.18. The molecule has 0 aromatic carbocycles. The second-order valence-electron chi connectivity index (χ2n) is 2.91. The number of hydrogen-bond acceptors (Lipinski definition) is 5. The van der Waals surface area contributed by atoms with Gasteiger partial charge in [-0.05, 0) is 13.0 Å². The van der Waals surface area contributed by atoms with Crippen LogP contribution in [0.5, 0.6) is 0 Å². The van der Waals surface area contributed by atoms with E-state index in [0.717, 1.165) is 12.1 Å². The first-order chi connectivity index (χ1) is 8.06. The van der Waals surface area contributed by atoms with Crippen LogP contribution in [-0.4, -0.2) is 27.5 Å². The largest absolute Gasteiger partial charge is 0.477 e. The summed E-state index contributed by atoms with van der Waals surface area (Å²) in [6.45, 7) is 1.78. The molecule has 88 valence electrons. The summed E-state index contributed by atoms with van der Waals surface area (Å²) in [5.41, 5.74) is -0.546. The smallest absolute Gasteiger partial charge is 0.354 e. The topological polar surface area (TPSA) is 105 Å². The third-order valence-corrected chi connectivity index (χ3v) is 1.81. The molecule has 2 N–H and O–H groups in total. The third-order valence-electron chi connectivity index (χ3n) is 1.81. The molecule has 0 amide bonds. The van der Waals surface area contributed by atoms with E-state index in [1.807, 2.05) is 0 Å². The summed E-state index contributed by atoms with van der Waals surface area (Å²) < 4.78 is 0. The van der Waals surface area contributed by atoms with Crippen LogP contribution in [-0.2, 0) is 0 Å². The van der Waals surface area contributed by atoms with Crippen LogP contribution in [0.2, 0.25) is 0 Å². The van der Waals surface area contributed by atoms with Crippen LogP contribution in [0.4, 0.5) is 11.5 Å². The van der Waals surface area contributed by atoms with Crippen molar-refractivity contribution < 1.29 is 14.8 Å². The lowest BCUT2D eigenvalue weighted by molar-refractivity contribution is -0.384. The molecule has 0 atom stereocenters. The monoisotopic (exact) mass is 235 g/mol. The van der Waals surface area contributed by atoms with Crippen LogP contribution < -0.4 is 5.32 Å². The number of hydrogen-bond donors (Lipinski definition) is 2. The van der Waals surface area contributed by atoms with E-state index in [9.17, 15) is 14.9 Å². The quantitative estimate of drug-likeness (QED) is 0.460. The number of aromatic carboxylic acids is 1. The Hall–Kier alpha value is -2.62. The van der Waals surface area contributed by atoms with Gasteiger partial charge in [0, 0.05) is 6.07 Å². The second-order valence-corrected chi connectivity index (χ2v) is 2.91. The van der Waals surface area contributed by atoms with Gasteiger partial charge in [-0.2, -0.15) is 0 Å². The van der Waals surface area contributed by atoms with Gasteiger partial charge in [-0.3, -0.25) is 10.1 Å². The highest BCUT2D eigenvalue weighted by atomic mass is 16.6. The van der Waals surface area contributed by atoms with Crippen molar-refractivity contribution in [3.63, 3.8) is 0 Å². The normalized spacial score (nSPS) is 9.00. The first-order valence-corrected chi connectivity index (χ1v) is 4.58. The Morgan fingerprint density at radius 1 is 1.65 bits per heavy atom. The maximum atomic E-state index is 10.7. The van der Waals surface area contributed by atoms with Crippen molar-refractivity contribution in [1.82, 2.24) is 4.98 Å². The summed E-state index contributed by atoms with van der Waals surface area (Å²) in [5.74, 6) is 3.89. The molecule has 0 fully saturated rings. The number of carbonyl (C=O) groups is 1. The summed E-state index contributed by atoms with van der Waals surface area (Å²) in [5, 5.41) is 22.0. The van der Waals surface area contributed by atoms with Gasteiger partial charge in [0.2, 0.25) is 5.82 Å². The molecular formula is C10H9N3O4. The number of aromatic nitrogens is 1. The van der Waals surface area contributed by atoms with Crippen molar-refractivity contribution in [1.29, 1.82) is 0 Å². The molecule has 1 heterocycles. The van der Waals surface area contributed by atoms with E-state index in [1.54, 1.807) is 6.92 Å². The molecule has 0 aliphatic rings. The summed E-state index contributed by atoms with van der Waals surface area (Å²) in [6.07, 6.45) is 0. The number of anilines is 1. The minimum absolute atomic E-state index is 0.0994. The van der Waals surface area contributed by atoms with Crippen molar-refractivity contribution in [3.8, 4) is 11.8 Å². The van der Waals surface area contributed by atoms with Crippen LogP contribution in [0, 0.1) is 22.0 Å². The highest BCUT2D eigenvalue weighted by Gasteiger charge is 2.17. The van der Waals surface area contributed by atoms with Crippen molar-refractivity contribution in [2.75, 3.05) is 11.9 Å². The predicted octanol–water partition coefficient (Wildman–Crippen LogP) is 1.12. The number of nitrogens with one attached hydrogen (secondary N) is 1. The third kappa shape index (κ3) is 3.17. The average molecular weight is 235 g/mol. The van der Waals surface area contributed by atoms with Gasteiger partial charge >= 0.3 is 11.7 Å². The number of carboxylic acids is 1. The number of pyridine rings is 1. The average Bonchev–Trinajstić information content (AvgIpc) is 2.28. The SMILES string of the molecule is CC#CCNc1nc(C(=O)O)ccc1[N+](=O)[O-]. The Morgan fingerprint density at radius 2 is 2.35 bits per heavy atom. The van der Waals surface area contributed by atoms with Gasteiger partial charge in [-0.25, -0.2) is 9.78 Å². The van der Waals surface area contributed by atoms with Gasteiger partial charge in [-0.15, -0.1) is 5.92 Å². The number of nitro groups is 1. The van der Waals surface area contributed by atoms with Crippen LogP contribution in [0.1, 0.15) is 17.4 Å². The maximum Gasteiger partial charge on any atom is 0.354 e. The number of carboxylic acid groups (broad SMARTS) is 1. The highest BCUT2D eigenvalue weighted by Crippen LogP contribution is 2.21. The minimum atomic E-state index is -1.25. The lowest BCUT2D eigenvalue weighted by atomic mass is 10.3. The van der Waals surface area contributed by atoms with Gasteiger partial charge in [0.1, 0.15) is 0 Å². The fourth-order valence-electron chi connectivity index (χ4n) is 1.06. The van der Waals surface area contributed by atoms with E-state index in [-0.39, 0.29) is 23.7 Å². The molecule has 1 rings (SSSR count).